The summed E-state index contributed by atoms with van der Waals surface area (Å²) < 4.78 is 5.24. The first-order chi connectivity index (χ1) is 9.00. The number of fused-ring (bicyclic) bond motifs is 1. The van der Waals surface area contributed by atoms with E-state index in [1.165, 1.54) is 25.3 Å². The van der Waals surface area contributed by atoms with Crippen LogP contribution >= 0.6 is 0 Å². The number of carboxylic acids is 1. The standard InChI is InChI=1S/C12H10N2O5/c1-7(12(15)16)19-10-5-4-9(14(17)18)8-3-2-6-13-11(8)10/h2-7H,1H3,(H,15,16). The third-order valence-electron chi connectivity index (χ3n) is 2.56. The number of nitro groups is 1. The van der Waals surface area contributed by atoms with Crippen molar-refractivity contribution in [3.8, 4) is 5.75 Å². The Morgan fingerprint density at radius 1 is 1.47 bits per heavy atom. The summed E-state index contributed by atoms with van der Waals surface area (Å²) in [4.78, 5) is 25.2. The maximum atomic E-state index is 10.9. The fourth-order valence-corrected chi connectivity index (χ4v) is 1.63. The van der Waals surface area contributed by atoms with Crippen LogP contribution in [0.1, 0.15) is 6.92 Å². The Morgan fingerprint density at radius 3 is 2.84 bits per heavy atom. The van der Waals surface area contributed by atoms with Gasteiger partial charge < -0.3 is 9.84 Å². The Balaban J connectivity index is 2.55. The molecular formula is C12H10N2O5. The molecule has 1 N–H and O–H groups in total. The van der Waals surface area contributed by atoms with Gasteiger partial charge in [-0.25, -0.2) is 4.79 Å². The molecule has 1 aromatic heterocycles. The number of nitrogens with zero attached hydrogens (tertiary/aromatic N) is 2. The number of non-ortho nitro benzene ring substituents is 1. The van der Waals surface area contributed by atoms with Crippen LogP contribution in [0.2, 0.25) is 0 Å². The molecule has 0 bridgehead atoms. The Kier molecular flexibility index (Phi) is 3.28. The second kappa shape index (κ2) is 4.89. The summed E-state index contributed by atoms with van der Waals surface area (Å²) in [5.41, 5.74) is 0.170. The lowest BCUT2D eigenvalue weighted by molar-refractivity contribution is -0.383. The van der Waals surface area contributed by atoms with Crippen LogP contribution in [0.3, 0.4) is 0 Å². The van der Waals surface area contributed by atoms with Crippen LogP contribution in [0, 0.1) is 10.1 Å². The van der Waals surface area contributed by atoms with Crippen molar-refractivity contribution in [2.75, 3.05) is 0 Å². The molecule has 1 aromatic carbocycles. The topological polar surface area (TPSA) is 103 Å². The lowest BCUT2D eigenvalue weighted by atomic mass is 10.1. The van der Waals surface area contributed by atoms with E-state index in [1.54, 1.807) is 12.1 Å². The molecule has 0 aliphatic rings. The monoisotopic (exact) mass is 262 g/mol. The molecule has 0 amide bonds. The Hall–Kier alpha value is -2.70. The number of nitro benzene ring substituents is 1. The van der Waals surface area contributed by atoms with Gasteiger partial charge in [-0.05, 0) is 25.1 Å². The molecule has 19 heavy (non-hydrogen) atoms. The van der Waals surface area contributed by atoms with Crippen molar-refractivity contribution in [3.05, 3.63) is 40.6 Å². The van der Waals surface area contributed by atoms with E-state index in [9.17, 15) is 14.9 Å². The van der Waals surface area contributed by atoms with Gasteiger partial charge in [0.2, 0.25) is 0 Å². The molecule has 1 unspecified atom stereocenters. The van der Waals surface area contributed by atoms with Crippen molar-refractivity contribution < 1.29 is 19.6 Å². The molecule has 7 heteroatoms. The van der Waals surface area contributed by atoms with Crippen molar-refractivity contribution in [2.24, 2.45) is 0 Å². The smallest absolute Gasteiger partial charge is 0.344 e. The van der Waals surface area contributed by atoms with Crippen molar-refractivity contribution in [1.29, 1.82) is 0 Å². The molecule has 98 valence electrons. The summed E-state index contributed by atoms with van der Waals surface area (Å²) >= 11 is 0. The highest BCUT2D eigenvalue weighted by molar-refractivity contribution is 5.92. The number of hydrogen-bond donors (Lipinski definition) is 1. The number of aliphatic carboxylic acids is 1. The van der Waals surface area contributed by atoms with Gasteiger partial charge in [-0.1, -0.05) is 0 Å². The highest BCUT2D eigenvalue weighted by Gasteiger charge is 2.19. The number of hydrogen-bond acceptors (Lipinski definition) is 5. The third-order valence-corrected chi connectivity index (χ3v) is 2.56. The van der Waals surface area contributed by atoms with E-state index in [1.807, 2.05) is 0 Å². The fourth-order valence-electron chi connectivity index (χ4n) is 1.63. The van der Waals surface area contributed by atoms with Crippen LogP contribution in [0.4, 0.5) is 5.69 Å². The molecule has 2 rings (SSSR count). The summed E-state index contributed by atoms with van der Waals surface area (Å²) in [5.74, 6) is -0.918. The number of rotatable bonds is 4. The molecule has 2 aromatic rings. The van der Waals surface area contributed by atoms with Gasteiger partial charge in [0.15, 0.2) is 6.10 Å². The molecule has 1 heterocycles. The minimum atomic E-state index is -1.12. The first-order valence-corrected chi connectivity index (χ1v) is 5.42. The molecular weight excluding hydrogens is 252 g/mol. The molecule has 0 saturated carbocycles. The van der Waals surface area contributed by atoms with Crippen molar-refractivity contribution >= 4 is 22.6 Å². The number of pyridine rings is 1. The van der Waals surface area contributed by atoms with Crippen LogP contribution in [0.25, 0.3) is 10.9 Å². The average Bonchev–Trinajstić information content (AvgIpc) is 2.38. The van der Waals surface area contributed by atoms with E-state index in [2.05, 4.69) is 4.98 Å². The maximum Gasteiger partial charge on any atom is 0.344 e. The molecule has 1 atom stereocenters. The molecule has 0 spiro atoms. The Labute approximate surface area is 107 Å². The number of carboxylic acid groups (broad SMARTS) is 1. The van der Waals surface area contributed by atoms with Gasteiger partial charge in [-0.15, -0.1) is 0 Å². The fraction of sp³-hybridized carbons (Fsp3) is 0.167. The van der Waals surface area contributed by atoms with Crippen molar-refractivity contribution in [1.82, 2.24) is 4.98 Å². The van der Waals surface area contributed by atoms with E-state index in [4.69, 9.17) is 9.84 Å². The van der Waals surface area contributed by atoms with Gasteiger partial charge in [0.1, 0.15) is 11.3 Å². The highest BCUT2D eigenvalue weighted by atomic mass is 16.6. The quantitative estimate of drug-likeness (QED) is 0.667. The summed E-state index contributed by atoms with van der Waals surface area (Å²) in [7, 11) is 0. The van der Waals surface area contributed by atoms with Gasteiger partial charge in [0.05, 0.1) is 10.3 Å². The highest BCUT2D eigenvalue weighted by Crippen LogP contribution is 2.31. The molecule has 0 saturated heterocycles. The lowest BCUT2D eigenvalue weighted by Gasteiger charge is -2.11. The van der Waals surface area contributed by atoms with Crippen LogP contribution in [0.5, 0.6) is 5.75 Å². The largest absolute Gasteiger partial charge is 0.479 e. The number of carbonyl (C=O) groups is 1. The zero-order valence-corrected chi connectivity index (χ0v) is 9.94. The van der Waals surface area contributed by atoms with Gasteiger partial charge in [-0.2, -0.15) is 0 Å². The Bertz CT molecular complexity index is 656. The van der Waals surface area contributed by atoms with Crippen LogP contribution in [-0.2, 0) is 4.79 Å². The minimum Gasteiger partial charge on any atom is -0.479 e. The van der Waals surface area contributed by atoms with Gasteiger partial charge in [0, 0.05) is 12.3 Å². The Morgan fingerprint density at radius 2 is 2.21 bits per heavy atom. The van der Waals surface area contributed by atoms with Crippen LogP contribution in [0.15, 0.2) is 30.5 Å². The van der Waals surface area contributed by atoms with Crippen LogP contribution < -0.4 is 4.74 Å². The molecule has 0 fully saturated rings. The zero-order valence-electron chi connectivity index (χ0n) is 9.94. The van der Waals surface area contributed by atoms with E-state index in [0.29, 0.717) is 5.39 Å². The first kappa shape index (κ1) is 12.7. The summed E-state index contributed by atoms with van der Waals surface area (Å²) in [6, 6.07) is 5.74. The van der Waals surface area contributed by atoms with Crippen molar-refractivity contribution in [2.45, 2.75) is 13.0 Å². The average molecular weight is 262 g/mol. The zero-order chi connectivity index (χ0) is 14.0. The van der Waals surface area contributed by atoms with Gasteiger partial charge in [-0.3, -0.25) is 15.1 Å². The number of aromatic nitrogens is 1. The van der Waals surface area contributed by atoms with Gasteiger partial charge >= 0.3 is 5.97 Å². The predicted octanol–water partition coefficient (Wildman–Crippen LogP) is 1.99. The predicted molar refractivity (Wildman–Crippen MR) is 66.1 cm³/mol. The normalized spacial score (nSPS) is 12.1. The van der Waals surface area contributed by atoms with E-state index >= 15 is 0 Å². The van der Waals surface area contributed by atoms with Crippen molar-refractivity contribution in [3.63, 3.8) is 0 Å². The second-order valence-corrected chi connectivity index (χ2v) is 3.84. The molecule has 7 nitrogen and oxygen atoms in total. The summed E-state index contributed by atoms with van der Waals surface area (Å²) in [6.45, 7) is 1.37. The number of ether oxygens (including phenoxy) is 1. The van der Waals surface area contributed by atoms with Crippen LogP contribution in [-0.4, -0.2) is 27.1 Å². The third kappa shape index (κ3) is 2.44. The molecule has 0 aliphatic carbocycles. The van der Waals surface area contributed by atoms with E-state index in [0.717, 1.165) is 0 Å². The minimum absolute atomic E-state index is 0.0987. The lowest BCUT2D eigenvalue weighted by Crippen LogP contribution is -2.23. The van der Waals surface area contributed by atoms with Gasteiger partial charge in [0.25, 0.3) is 5.69 Å². The summed E-state index contributed by atoms with van der Waals surface area (Å²) in [5, 5.41) is 20.0. The SMILES string of the molecule is CC(Oc1ccc([N+](=O)[O-])c2cccnc12)C(=O)O. The maximum absolute atomic E-state index is 10.9. The summed E-state index contributed by atoms with van der Waals surface area (Å²) in [6.07, 6.45) is 0.399. The molecule has 0 aliphatic heterocycles. The van der Waals surface area contributed by atoms with E-state index < -0.39 is 17.0 Å². The van der Waals surface area contributed by atoms with E-state index in [-0.39, 0.29) is 17.0 Å². The molecule has 0 radical (unpaired) electrons. The number of benzene rings is 1. The first-order valence-electron chi connectivity index (χ1n) is 5.42. The second-order valence-electron chi connectivity index (χ2n) is 3.84.